The van der Waals surface area contributed by atoms with Gasteiger partial charge in [0.05, 0.1) is 21.3 Å². The molecule has 8 nitrogen and oxygen atoms in total. The van der Waals surface area contributed by atoms with Gasteiger partial charge in [-0.2, -0.15) is 0 Å². The fourth-order valence-electron chi connectivity index (χ4n) is 3.51. The number of hydrogen-bond donors (Lipinski definition) is 2. The van der Waals surface area contributed by atoms with Gasteiger partial charge >= 0.3 is 0 Å². The summed E-state index contributed by atoms with van der Waals surface area (Å²) in [5.41, 5.74) is 1.99. The van der Waals surface area contributed by atoms with Gasteiger partial charge in [0.2, 0.25) is 5.75 Å². The van der Waals surface area contributed by atoms with Crippen LogP contribution in [0.25, 0.3) is 0 Å². The lowest BCUT2D eigenvalue weighted by Crippen LogP contribution is -2.43. The monoisotopic (exact) mass is 443 g/mol. The maximum atomic E-state index is 5.74. The molecule has 8 heteroatoms. The van der Waals surface area contributed by atoms with Gasteiger partial charge in [-0.15, -0.1) is 0 Å². The molecule has 0 saturated heterocycles. The minimum Gasteiger partial charge on any atom is -0.493 e. The van der Waals surface area contributed by atoms with Crippen molar-refractivity contribution in [1.82, 2.24) is 10.6 Å². The highest BCUT2D eigenvalue weighted by Gasteiger charge is 2.24. The van der Waals surface area contributed by atoms with E-state index in [0.717, 1.165) is 22.6 Å². The van der Waals surface area contributed by atoms with Crippen LogP contribution in [0.5, 0.6) is 28.7 Å². The van der Waals surface area contributed by atoms with E-state index in [2.05, 4.69) is 41.6 Å². The molecule has 3 rings (SSSR count). The van der Waals surface area contributed by atoms with Gasteiger partial charge in [-0.1, -0.05) is 19.9 Å². The van der Waals surface area contributed by atoms with Crippen molar-refractivity contribution in [3.63, 3.8) is 0 Å². The van der Waals surface area contributed by atoms with Gasteiger partial charge in [-0.25, -0.2) is 0 Å². The minimum absolute atomic E-state index is 0.153. The first-order valence-electron chi connectivity index (χ1n) is 10.6. The summed E-state index contributed by atoms with van der Waals surface area (Å²) in [5, 5.41) is 6.76. The summed E-state index contributed by atoms with van der Waals surface area (Å²) in [4.78, 5) is 4.35. The van der Waals surface area contributed by atoms with Crippen LogP contribution in [0.15, 0.2) is 35.3 Å². The molecule has 0 amide bonds. The summed E-state index contributed by atoms with van der Waals surface area (Å²) in [5.74, 6) is 4.10. The van der Waals surface area contributed by atoms with Crippen LogP contribution >= 0.6 is 0 Å². The third-order valence-electron chi connectivity index (χ3n) is 5.43. The highest BCUT2D eigenvalue weighted by atomic mass is 16.6. The predicted molar refractivity (Wildman–Crippen MR) is 125 cm³/mol. The fraction of sp³-hybridized carbons (Fsp3) is 0.458. The number of rotatable bonds is 8. The van der Waals surface area contributed by atoms with E-state index in [9.17, 15) is 0 Å². The Morgan fingerprint density at radius 1 is 0.938 bits per heavy atom. The molecule has 174 valence electrons. The Morgan fingerprint density at radius 2 is 1.59 bits per heavy atom. The average Bonchev–Trinajstić information content (AvgIpc) is 2.82. The van der Waals surface area contributed by atoms with Gasteiger partial charge in [0.25, 0.3) is 0 Å². The third-order valence-corrected chi connectivity index (χ3v) is 5.43. The molecule has 2 aromatic carbocycles. The highest BCUT2D eigenvalue weighted by Crippen LogP contribution is 2.38. The molecule has 0 unspecified atom stereocenters. The fourth-order valence-corrected chi connectivity index (χ4v) is 3.51. The molecule has 2 aromatic rings. The number of guanidine groups is 1. The van der Waals surface area contributed by atoms with E-state index in [1.807, 2.05) is 18.2 Å². The first kappa shape index (κ1) is 23.4. The van der Waals surface area contributed by atoms with Crippen LogP contribution in [0.1, 0.15) is 25.0 Å². The lowest BCUT2D eigenvalue weighted by Gasteiger charge is -2.28. The predicted octanol–water partition coefficient (Wildman–Crippen LogP) is 3.13. The SMILES string of the molecule is CN=C(NCc1cc(OC)c(OC)c(OC)c1)NCC(C)(C)c1ccc2c(c1)OCCO2. The van der Waals surface area contributed by atoms with Gasteiger partial charge < -0.3 is 34.3 Å². The van der Waals surface area contributed by atoms with Gasteiger partial charge in [0, 0.05) is 25.6 Å². The molecule has 32 heavy (non-hydrogen) atoms. The summed E-state index contributed by atoms with van der Waals surface area (Å²) in [6, 6.07) is 9.95. The second-order valence-electron chi connectivity index (χ2n) is 8.06. The minimum atomic E-state index is -0.153. The zero-order valence-corrected chi connectivity index (χ0v) is 19.7. The van der Waals surface area contributed by atoms with Gasteiger partial charge in [0.15, 0.2) is 29.0 Å². The number of nitrogens with zero attached hydrogens (tertiary/aromatic N) is 1. The van der Waals surface area contributed by atoms with E-state index < -0.39 is 0 Å². The average molecular weight is 444 g/mol. The van der Waals surface area contributed by atoms with Crippen LogP contribution in [-0.4, -0.2) is 54.1 Å². The summed E-state index contributed by atoms with van der Waals surface area (Å²) in [7, 11) is 6.55. The van der Waals surface area contributed by atoms with Crippen molar-refractivity contribution >= 4 is 5.96 Å². The molecule has 0 radical (unpaired) electrons. The second-order valence-corrected chi connectivity index (χ2v) is 8.06. The van der Waals surface area contributed by atoms with Crippen molar-refractivity contribution < 1.29 is 23.7 Å². The largest absolute Gasteiger partial charge is 0.493 e. The van der Waals surface area contributed by atoms with Crippen molar-refractivity contribution in [2.45, 2.75) is 25.8 Å². The van der Waals surface area contributed by atoms with Crippen LogP contribution < -0.4 is 34.3 Å². The highest BCUT2D eigenvalue weighted by molar-refractivity contribution is 5.79. The maximum Gasteiger partial charge on any atom is 0.203 e. The van der Waals surface area contributed by atoms with Crippen molar-refractivity contribution in [3.05, 3.63) is 41.5 Å². The Hall–Kier alpha value is -3.29. The maximum absolute atomic E-state index is 5.74. The Balaban J connectivity index is 1.64. The molecule has 0 aromatic heterocycles. The number of nitrogens with one attached hydrogen (secondary N) is 2. The van der Waals surface area contributed by atoms with Gasteiger partial charge in [0.1, 0.15) is 13.2 Å². The molecule has 0 spiro atoms. The lowest BCUT2D eigenvalue weighted by molar-refractivity contribution is 0.171. The molecule has 2 N–H and O–H groups in total. The molecule has 1 aliphatic rings. The number of benzene rings is 2. The van der Waals surface area contributed by atoms with Crippen LogP contribution in [0.4, 0.5) is 0 Å². The van der Waals surface area contributed by atoms with Gasteiger partial charge in [-0.3, -0.25) is 4.99 Å². The lowest BCUT2D eigenvalue weighted by atomic mass is 9.84. The number of aliphatic imine (C=N–C) groups is 1. The van der Waals surface area contributed by atoms with Gasteiger partial charge in [-0.05, 0) is 35.4 Å². The Labute approximate surface area is 189 Å². The summed E-state index contributed by atoms with van der Waals surface area (Å²) < 4.78 is 27.6. The number of fused-ring (bicyclic) bond motifs is 1. The second kappa shape index (κ2) is 10.3. The first-order valence-corrected chi connectivity index (χ1v) is 10.6. The van der Waals surface area contributed by atoms with E-state index in [1.165, 1.54) is 0 Å². The van der Waals surface area contributed by atoms with E-state index in [1.54, 1.807) is 28.4 Å². The molecule has 0 atom stereocenters. The number of hydrogen-bond acceptors (Lipinski definition) is 6. The molecule has 0 fully saturated rings. The first-order chi connectivity index (χ1) is 15.4. The molecular weight excluding hydrogens is 410 g/mol. The zero-order valence-electron chi connectivity index (χ0n) is 19.7. The quantitative estimate of drug-likeness (QED) is 0.479. The third kappa shape index (κ3) is 5.30. The van der Waals surface area contributed by atoms with E-state index in [0.29, 0.717) is 49.5 Å². The van der Waals surface area contributed by atoms with Crippen LogP contribution in [0, 0.1) is 0 Å². The molecule has 1 aliphatic heterocycles. The van der Waals surface area contributed by atoms with Crippen LogP contribution in [0.3, 0.4) is 0 Å². The molecule has 1 heterocycles. The van der Waals surface area contributed by atoms with Crippen molar-refractivity contribution in [2.75, 3.05) is 48.1 Å². The van der Waals surface area contributed by atoms with E-state index >= 15 is 0 Å². The summed E-state index contributed by atoms with van der Waals surface area (Å²) in [6.45, 7) is 6.75. The van der Waals surface area contributed by atoms with Crippen molar-refractivity contribution in [2.24, 2.45) is 4.99 Å². The van der Waals surface area contributed by atoms with Crippen molar-refractivity contribution in [3.8, 4) is 28.7 Å². The smallest absolute Gasteiger partial charge is 0.203 e. The van der Waals surface area contributed by atoms with E-state index in [-0.39, 0.29) is 5.41 Å². The van der Waals surface area contributed by atoms with Crippen molar-refractivity contribution in [1.29, 1.82) is 0 Å². The molecule has 0 aliphatic carbocycles. The molecule has 0 saturated carbocycles. The van der Waals surface area contributed by atoms with E-state index in [4.69, 9.17) is 23.7 Å². The summed E-state index contributed by atoms with van der Waals surface area (Å²) >= 11 is 0. The topological polar surface area (TPSA) is 82.6 Å². The Morgan fingerprint density at radius 3 is 2.19 bits per heavy atom. The number of methoxy groups -OCH3 is 3. The molecule has 0 bridgehead atoms. The van der Waals surface area contributed by atoms with Crippen LogP contribution in [0.2, 0.25) is 0 Å². The zero-order chi connectivity index (χ0) is 23.1. The normalized spacial score (nSPS) is 13.4. The molecular formula is C24H33N3O5. The van der Waals surface area contributed by atoms with Crippen LogP contribution in [-0.2, 0) is 12.0 Å². The standard InChI is InChI=1S/C24H33N3O5/c1-24(2,17-7-8-18-19(13-17)32-10-9-31-18)15-27-23(25-3)26-14-16-11-20(28-4)22(30-6)21(12-16)29-5/h7-8,11-13H,9-10,14-15H2,1-6H3,(H2,25,26,27). The number of ether oxygens (including phenoxy) is 5. The Bertz CT molecular complexity index is 934. The summed E-state index contributed by atoms with van der Waals surface area (Å²) in [6.07, 6.45) is 0. The Kier molecular flexibility index (Phi) is 7.56.